The SMILES string of the molecule is CN(CI)C(=O)C(CCN1CCC(O)(c2ccc(Cl)cc2)CC1)(c1ccccc1)c1ccccc1. The van der Waals surface area contributed by atoms with Gasteiger partial charge >= 0.3 is 0 Å². The maximum atomic E-state index is 14.0. The molecule has 3 aromatic rings. The molecule has 1 N–H and O–H groups in total. The predicted octanol–water partition coefficient (Wildman–Crippen LogP) is 5.85. The monoisotopic (exact) mass is 602 g/mol. The van der Waals surface area contributed by atoms with Crippen LogP contribution in [0.2, 0.25) is 5.02 Å². The summed E-state index contributed by atoms with van der Waals surface area (Å²) in [6, 6.07) is 27.8. The number of likely N-dealkylation sites (N-methyl/N-ethyl adjacent to an activating group) is 1. The molecule has 0 unspecified atom stereocenters. The van der Waals surface area contributed by atoms with Gasteiger partial charge in [0, 0.05) is 25.2 Å². The third-order valence-electron chi connectivity index (χ3n) is 7.29. The Kier molecular flexibility index (Phi) is 8.53. The van der Waals surface area contributed by atoms with Gasteiger partial charge in [-0.15, -0.1) is 0 Å². The van der Waals surface area contributed by atoms with E-state index in [9.17, 15) is 9.90 Å². The molecule has 4 rings (SSSR count). The van der Waals surface area contributed by atoms with Crippen LogP contribution in [0.5, 0.6) is 0 Å². The van der Waals surface area contributed by atoms with Crippen LogP contribution in [0, 0.1) is 0 Å². The van der Waals surface area contributed by atoms with E-state index >= 15 is 0 Å². The van der Waals surface area contributed by atoms with Crippen molar-refractivity contribution in [3.8, 4) is 0 Å². The van der Waals surface area contributed by atoms with Crippen molar-refractivity contribution >= 4 is 40.1 Å². The van der Waals surface area contributed by atoms with Gasteiger partial charge in [-0.3, -0.25) is 4.79 Å². The van der Waals surface area contributed by atoms with Crippen molar-refractivity contribution in [2.75, 3.05) is 31.2 Å². The zero-order valence-corrected chi connectivity index (χ0v) is 23.0. The molecule has 1 aliphatic heterocycles. The minimum Gasteiger partial charge on any atom is -0.385 e. The number of hydrogen-bond donors (Lipinski definition) is 1. The van der Waals surface area contributed by atoms with E-state index in [1.165, 1.54) is 0 Å². The largest absolute Gasteiger partial charge is 0.385 e. The molecule has 35 heavy (non-hydrogen) atoms. The van der Waals surface area contributed by atoms with Gasteiger partial charge in [-0.2, -0.15) is 0 Å². The third-order valence-corrected chi connectivity index (χ3v) is 8.57. The summed E-state index contributed by atoms with van der Waals surface area (Å²) >= 11 is 8.29. The minimum atomic E-state index is -0.839. The number of aliphatic hydroxyl groups is 1. The lowest BCUT2D eigenvalue weighted by Gasteiger charge is -2.41. The molecule has 3 aromatic carbocycles. The van der Waals surface area contributed by atoms with Gasteiger partial charge in [0.1, 0.15) is 5.41 Å². The molecule has 0 radical (unpaired) electrons. The summed E-state index contributed by atoms with van der Waals surface area (Å²) in [5.41, 5.74) is 1.34. The van der Waals surface area contributed by atoms with Gasteiger partial charge < -0.3 is 14.9 Å². The number of piperidine rings is 1. The van der Waals surface area contributed by atoms with Crippen molar-refractivity contribution in [3.63, 3.8) is 0 Å². The molecule has 1 fully saturated rings. The van der Waals surface area contributed by atoms with Crippen LogP contribution in [0.25, 0.3) is 0 Å². The van der Waals surface area contributed by atoms with E-state index < -0.39 is 11.0 Å². The number of amides is 1. The Morgan fingerprint density at radius 2 is 1.49 bits per heavy atom. The molecule has 1 heterocycles. The van der Waals surface area contributed by atoms with Crippen LogP contribution in [0.4, 0.5) is 0 Å². The number of benzene rings is 3. The Morgan fingerprint density at radius 3 is 1.97 bits per heavy atom. The predicted molar refractivity (Wildman–Crippen MR) is 151 cm³/mol. The molecule has 1 amide bonds. The van der Waals surface area contributed by atoms with Crippen LogP contribution in [-0.2, 0) is 15.8 Å². The Bertz CT molecular complexity index is 1060. The first-order valence-electron chi connectivity index (χ1n) is 12.0. The van der Waals surface area contributed by atoms with Crippen LogP contribution in [-0.4, -0.2) is 52.0 Å². The highest BCUT2D eigenvalue weighted by Gasteiger charge is 2.44. The van der Waals surface area contributed by atoms with Crippen LogP contribution in [0.1, 0.15) is 36.0 Å². The van der Waals surface area contributed by atoms with Crippen LogP contribution < -0.4 is 0 Å². The minimum absolute atomic E-state index is 0.110. The van der Waals surface area contributed by atoms with E-state index in [1.807, 2.05) is 72.6 Å². The van der Waals surface area contributed by atoms with Gasteiger partial charge in [-0.1, -0.05) is 107 Å². The van der Waals surface area contributed by atoms with E-state index in [0.717, 1.165) is 36.3 Å². The molecule has 0 saturated carbocycles. The summed E-state index contributed by atoms with van der Waals surface area (Å²) < 4.78 is 0.621. The Balaban J connectivity index is 1.59. The fourth-order valence-electron chi connectivity index (χ4n) is 5.16. The summed E-state index contributed by atoms with van der Waals surface area (Å²) in [6.45, 7) is 2.31. The Hall–Kier alpha value is -1.93. The average molecular weight is 603 g/mol. The Morgan fingerprint density at radius 1 is 0.971 bits per heavy atom. The van der Waals surface area contributed by atoms with Crippen molar-refractivity contribution in [1.29, 1.82) is 0 Å². The maximum Gasteiger partial charge on any atom is 0.238 e. The van der Waals surface area contributed by atoms with Crippen molar-refractivity contribution in [2.24, 2.45) is 0 Å². The molecule has 4 nitrogen and oxygen atoms in total. The van der Waals surface area contributed by atoms with Crippen LogP contribution in [0.15, 0.2) is 84.9 Å². The number of hydrogen-bond acceptors (Lipinski definition) is 3. The highest BCUT2D eigenvalue weighted by molar-refractivity contribution is 14.1. The van der Waals surface area contributed by atoms with E-state index in [1.54, 1.807) is 0 Å². The van der Waals surface area contributed by atoms with Crippen LogP contribution >= 0.6 is 34.2 Å². The molecule has 1 saturated heterocycles. The third kappa shape index (κ3) is 5.58. The number of halogens is 2. The second kappa shape index (κ2) is 11.4. The topological polar surface area (TPSA) is 43.8 Å². The molecular weight excluding hydrogens is 571 g/mol. The zero-order valence-electron chi connectivity index (χ0n) is 20.0. The van der Waals surface area contributed by atoms with Gasteiger partial charge in [-0.25, -0.2) is 0 Å². The van der Waals surface area contributed by atoms with Crippen LogP contribution in [0.3, 0.4) is 0 Å². The second-order valence-electron chi connectivity index (χ2n) is 9.39. The van der Waals surface area contributed by atoms with Crippen molar-refractivity contribution in [2.45, 2.75) is 30.3 Å². The summed E-state index contributed by atoms with van der Waals surface area (Å²) in [5.74, 6) is 0.110. The second-order valence-corrected chi connectivity index (χ2v) is 10.5. The molecular formula is C29H32ClIN2O2. The van der Waals surface area contributed by atoms with E-state index in [2.05, 4.69) is 51.8 Å². The lowest BCUT2D eigenvalue weighted by atomic mass is 9.70. The lowest BCUT2D eigenvalue weighted by molar-refractivity contribution is -0.134. The fourth-order valence-corrected chi connectivity index (χ4v) is 5.59. The van der Waals surface area contributed by atoms with E-state index in [0.29, 0.717) is 28.8 Å². The smallest absolute Gasteiger partial charge is 0.238 e. The van der Waals surface area contributed by atoms with Gasteiger partial charge in [0.2, 0.25) is 5.91 Å². The molecule has 184 valence electrons. The maximum absolute atomic E-state index is 14.0. The zero-order chi connectivity index (χ0) is 24.9. The summed E-state index contributed by atoms with van der Waals surface area (Å²) in [4.78, 5) is 18.2. The van der Waals surface area contributed by atoms with Gasteiger partial charge in [-0.05, 0) is 54.6 Å². The number of nitrogens with zero attached hydrogens (tertiary/aromatic N) is 2. The standard InChI is InChI=1S/C29H32ClIN2O2/c1-32(22-31)27(34)29(24-8-4-2-5-9-24,25-10-6-3-7-11-25)18-21-33-19-16-28(35,17-20-33)23-12-14-26(30)15-13-23/h2-15,35H,16-22H2,1H3. The first-order chi connectivity index (χ1) is 16.9. The molecule has 0 spiro atoms. The quantitative estimate of drug-likeness (QED) is 0.200. The van der Waals surface area contributed by atoms with Crippen molar-refractivity contribution < 1.29 is 9.90 Å². The van der Waals surface area contributed by atoms with Gasteiger partial charge in [0.25, 0.3) is 0 Å². The van der Waals surface area contributed by atoms with Crippen molar-refractivity contribution in [3.05, 3.63) is 107 Å². The van der Waals surface area contributed by atoms with Gasteiger partial charge in [0.05, 0.1) is 10.2 Å². The summed E-state index contributed by atoms with van der Waals surface area (Å²) in [7, 11) is 1.88. The first-order valence-corrected chi connectivity index (χ1v) is 13.9. The fraction of sp³-hybridized carbons (Fsp3) is 0.345. The molecule has 0 bridgehead atoms. The normalized spacial score (nSPS) is 16.1. The average Bonchev–Trinajstić information content (AvgIpc) is 2.91. The highest BCUT2D eigenvalue weighted by atomic mass is 127. The Labute approximate surface area is 227 Å². The molecule has 6 heteroatoms. The summed E-state index contributed by atoms with van der Waals surface area (Å²) in [6.07, 6.45) is 1.97. The molecule has 0 atom stereocenters. The number of alkyl halides is 1. The molecule has 1 aliphatic rings. The highest BCUT2D eigenvalue weighted by Crippen LogP contribution is 2.39. The molecule has 0 aromatic heterocycles. The van der Waals surface area contributed by atoms with Crippen molar-refractivity contribution in [1.82, 2.24) is 9.80 Å². The number of carbonyl (C=O) groups is 1. The number of rotatable bonds is 8. The number of carbonyl (C=O) groups excluding carboxylic acids is 1. The first kappa shape index (κ1) is 26.1. The van der Waals surface area contributed by atoms with E-state index in [-0.39, 0.29) is 5.91 Å². The number of likely N-dealkylation sites (tertiary alicyclic amines) is 1. The molecule has 0 aliphatic carbocycles. The van der Waals surface area contributed by atoms with Gasteiger partial charge in [0.15, 0.2) is 0 Å². The lowest BCUT2D eigenvalue weighted by Crippen LogP contribution is -2.49. The van der Waals surface area contributed by atoms with E-state index in [4.69, 9.17) is 11.6 Å². The summed E-state index contributed by atoms with van der Waals surface area (Å²) in [5, 5.41) is 12.0.